The van der Waals surface area contributed by atoms with Gasteiger partial charge in [0.05, 0.1) is 35.6 Å². The maximum absolute atomic E-state index is 14.2. The van der Waals surface area contributed by atoms with Crippen LogP contribution in [0.4, 0.5) is 19.3 Å². The summed E-state index contributed by atoms with van der Waals surface area (Å²) < 4.78 is 33.6. The Morgan fingerprint density at radius 2 is 2.17 bits per heavy atom. The molecule has 3 rings (SSSR count). The molecule has 1 aliphatic rings. The van der Waals surface area contributed by atoms with Crippen molar-refractivity contribution in [2.45, 2.75) is 38.6 Å². The van der Waals surface area contributed by atoms with E-state index in [1.165, 1.54) is 23.4 Å². The van der Waals surface area contributed by atoms with Crippen molar-refractivity contribution < 1.29 is 18.3 Å². The van der Waals surface area contributed by atoms with Crippen LogP contribution in [0.15, 0.2) is 18.5 Å². The highest BCUT2D eigenvalue weighted by Gasteiger charge is 2.37. The van der Waals surface area contributed by atoms with Gasteiger partial charge in [-0.1, -0.05) is 0 Å². The summed E-state index contributed by atoms with van der Waals surface area (Å²) >= 11 is 0. The van der Waals surface area contributed by atoms with E-state index in [2.05, 4.69) is 15.3 Å². The van der Waals surface area contributed by atoms with Crippen LogP contribution in [0, 0.1) is 5.82 Å². The topological polar surface area (TPSA) is 70.2 Å². The summed E-state index contributed by atoms with van der Waals surface area (Å²) in [5, 5.41) is 2.84. The Bertz CT molecular complexity index is 756. The number of rotatable bonds is 2. The standard InChI is InChI=1S/C16H20F2N4O2/c1-16(2,3)24-15(23)22-6-10(18)14(7-22)21-11-5-13-12(4-9(11)17)19-8-20-13/h4-5,8,10,14,21H,6-7H2,1-3H3,(H,19,20)/t10-,14+/m1/s1. The molecule has 2 aromatic rings. The molecule has 1 fully saturated rings. The van der Waals surface area contributed by atoms with Crippen molar-refractivity contribution in [1.29, 1.82) is 0 Å². The van der Waals surface area contributed by atoms with Crippen molar-refractivity contribution in [3.8, 4) is 0 Å². The summed E-state index contributed by atoms with van der Waals surface area (Å²) in [6, 6.07) is 2.12. The summed E-state index contributed by atoms with van der Waals surface area (Å²) in [7, 11) is 0. The van der Waals surface area contributed by atoms with Crippen LogP contribution >= 0.6 is 0 Å². The summed E-state index contributed by atoms with van der Waals surface area (Å²) in [6.07, 6.45) is -0.421. The van der Waals surface area contributed by atoms with Crippen molar-refractivity contribution >= 4 is 22.8 Å². The molecule has 1 aromatic carbocycles. The predicted molar refractivity (Wildman–Crippen MR) is 86.2 cm³/mol. The largest absolute Gasteiger partial charge is 0.444 e. The monoisotopic (exact) mass is 338 g/mol. The summed E-state index contributed by atoms with van der Waals surface area (Å²) in [5.41, 5.74) is 0.659. The van der Waals surface area contributed by atoms with Crippen LogP contribution < -0.4 is 5.32 Å². The SMILES string of the molecule is CC(C)(C)OC(=O)N1C[C@@H](F)[C@@H](Nc2cc3nc[nH]c3cc2F)C1. The van der Waals surface area contributed by atoms with Crippen molar-refractivity contribution in [1.82, 2.24) is 14.9 Å². The molecule has 6 nitrogen and oxygen atoms in total. The first kappa shape index (κ1) is 16.5. The molecule has 0 aliphatic carbocycles. The molecule has 24 heavy (non-hydrogen) atoms. The fourth-order valence-electron chi connectivity index (χ4n) is 2.64. The summed E-state index contributed by atoms with van der Waals surface area (Å²) in [4.78, 5) is 20.2. The Balaban J connectivity index is 1.71. The van der Waals surface area contributed by atoms with E-state index >= 15 is 0 Å². The lowest BCUT2D eigenvalue weighted by atomic mass is 10.2. The third kappa shape index (κ3) is 3.42. The van der Waals surface area contributed by atoms with Gasteiger partial charge in [-0.2, -0.15) is 0 Å². The number of ether oxygens (including phenoxy) is 1. The number of nitrogens with zero attached hydrogens (tertiary/aromatic N) is 2. The number of amides is 1. The van der Waals surface area contributed by atoms with Gasteiger partial charge in [-0.15, -0.1) is 0 Å². The number of carbonyl (C=O) groups is 1. The van der Waals surface area contributed by atoms with E-state index in [0.29, 0.717) is 11.0 Å². The van der Waals surface area contributed by atoms with E-state index in [1.54, 1.807) is 20.8 Å². The number of aromatic amines is 1. The van der Waals surface area contributed by atoms with Gasteiger partial charge in [-0.25, -0.2) is 18.6 Å². The first-order valence-electron chi connectivity index (χ1n) is 7.74. The minimum atomic E-state index is -1.31. The van der Waals surface area contributed by atoms with E-state index in [-0.39, 0.29) is 18.8 Å². The lowest BCUT2D eigenvalue weighted by molar-refractivity contribution is 0.0283. The zero-order chi connectivity index (χ0) is 17.5. The van der Waals surface area contributed by atoms with Crippen LogP contribution in [-0.4, -0.2) is 51.9 Å². The van der Waals surface area contributed by atoms with Gasteiger partial charge in [0.15, 0.2) is 0 Å². The normalized spacial score (nSPS) is 21.3. The lowest BCUT2D eigenvalue weighted by Gasteiger charge is -2.24. The number of imidazole rings is 1. The minimum Gasteiger partial charge on any atom is -0.444 e. The Morgan fingerprint density at radius 1 is 1.42 bits per heavy atom. The molecule has 1 amide bonds. The van der Waals surface area contributed by atoms with Crippen molar-refractivity contribution in [3.63, 3.8) is 0 Å². The molecule has 130 valence electrons. The van der Waals surface area contributed by atoms with Gasteiger partial charge in [0.2, 0.25) is 0 Å². The number of alkyl halides is 1. The molecule has 0 spiro atoms. The highest BCUT2D eigenvalue weighted by Crippen LogP contribution is 2.25. The van der Waals surface area contributed by atoms with Crippen LogP contribution in [0.2, 0.25) is 0 Å². The number of anilines is 1. The quantitative estimate of drug-likeness (QED) is 0.883. The van der Waals surface area contributed by atoms with Crippen molar-refractivity contribution in [2.75, 3.05) is 18.4 Å². The molecule has 2 N–H and O–H groups in total. The molecule has 1 aromatic heterocycles. The molecule has 0 radical (unpaired) electrons. The summed E-state index contributed by atoms with van der Waals surface area (Å²) in [5.74, 6) is -0.505. The Morgan fingerprint density at radius 3 is 2.88 bits per heavy atom. The van der Waals surface area contributed by atoms with Gasteiger partial charge in [0.1, 0.15) is 17.6 Å². The summed E-state index contributed by atoms with van der Waals surface area (Å²) in [6.45, 7) is 5.27. The Hall–Kier alpha value is -2.38. The smallest absolute Gasteiger partial charge is 0.410 e. The second-order valence-electron chi connectivity index (χ2n) is 6.90. The van der Waals surface area contributed by atoms with Crippen LogP contribution in [-0.2, 0) is 4.74 Å². The number of carbonyl (C=O) groups excluding carboxylic acids is 1. The number of likely N-dealkylation sites (tertiary alicyclic amines) is 1. The molecule has 2 atom stereocenters. The molecular formula is C16H20F2N4O2. The number of H-pyrrole nitrogens is 1. The molecule has 1 aliphatic heterocycles. The van der Waals surface area contributed by atoms with Gasteiger partial charge in [0, 0.05) is 12.6 Å². The zero-order valence-corrected chi connectivity index (χ0v) is 13.8. The molecule has 0 unspecified atom stereocenters. The highest BCUT2D eigenvalue weighted by atomic mass is 19.1. The predicted octanol–water partition coefficient (Wildman–Crippen LogP) is 3.07. The fraction of sp³-hybridized carbons (Fsp3) is 0.500. The lowest BCUT2D eigenvalue weighted by Crippen LogP contribution is -2.36. The molecule has 0 saturated carbocycles. The number of benzene rings is 1. The van der Waals surface area contributed by atoms with Crippen molar-refractivity contribution in [2.24, 2.45) is 0 Å². The maximum Gasteiger partial charge on any atom is 0.410 e. The van der Waals surface area contributed by atoms with Crippen LogP contribution in [0.25, 0.3) is 11.0 Å². The molecule has 0 bridgehead atoms. The number of halogens is 2. The van der Waals surface area contributed by atoms with Crippen LogP contribution in [0.3, 0.4) is 0 Å². The van der Waals surface area contributed by atoms with Crippen LogP contribution in [0.5, 0.6) is 0 Å². The van der Waals surface area contributed by atoms with E-state index in [0.717, 1.165) is 0 Å². The Kier molecular flexibility index (Phi) is 4.06. The number of nitrogens with one attached hydrogen (secondary N) is 2. The molecule has 1 saturated heterocycles. The van der Waals surface area contributed by atoms with Crippen LogP contribution in [0.1, 0.15) is 20.8 Å². The highest BCUT2D eigenvalue weighted by molar-refractivity contribution is 5.79. The average molecular weight is 338 g/mol. The van der Waals surface area contributed by atoms with E-state index in [4.69, 9.17) is 4.74 Å². The maximum atomic E-state index is 14.2. The second kappa shape index (κ2) is 5.92. The van der Waals surface area contributed by atoms with E-state index in [1.807, 2.05) is 0 Å². The van der Waals surface area contributed by atoms with E-state index < -0.39 is 29.7 Å². The first-order chi connectivity index (χ1) is 11.2. The van der Waals surface area contributed by atoms with E-state index in [9.17, 15) is 13.6 Å². The Labute approximate surface area is 138 Å². The molecular weight excluding hydrogens is 318 g/mol. The number of hydrogen-bond donors (Lipinski definition) is 2. The molecule has 2 heterocycles. The zero-order valence-electron chi connectivity index (χ0n) is 13.8. The third-order valence-corrected chi connectivity index (χ3v) is 3.75. The number of aromatic nitrogens is 2. The number of hydrogen-bond acceptors (Lipinski definition) is 4. The fourth-order valence-corrected chi connectivity index (χ4v) is 2.64. The second-order valence-corrected chi connectivity index (χ2v) is 6.90. The minimum absolute atomic E-state index is 0.0845. The van der Waals surface area contributed by atoms with Gasteiger partial charge >= 0.3 is 6.09 Å². The van der Waals surface area contributed by atoms with Gasteiger partial charge in [0.25, 0.3) is 0 Å². The average Bonchev–Trinajstić information content (AvgIpc) is 3.04. The van der Waals surface area contributed by atoms with Gasteiger partial charge < -0.3 is 19.9 Å². The van der Waals surface area contributed by atoms with Gasteiger partial charge in [-0.3, -0.25) is 0 Å². The number of fused-ring (bicyclic) bond motifs is 1. The first-order valence-corrected chi connectivity index (χ1v) is 7.74. The molecule has 8 heteroatoms. The van der Waals surface area contributed by atoms with Gasteiger partial charge in [-0.05, 0) is 26.8 Å². The third-order valence-electron chi connectivity index (χ3n) is 3.75. The van der Waals surface area contributed by atoms with Crippen molar-refractivity contribution in [3.05, 3.63) is 24.3 Å².